The van der Waals surface area contributed by atoms with Gasteiger partial charge in [-0.3, -0.25) is 4.79 Å². The standard InChI is InChI=1S/C8H15NO4S/c1-2-13-8(10)7-5-6(9)3-4-14(7,11)12/h6-7H,2-5,9H2,1H3. The first-order valence-electron chi connectivity index (χ1n) is 4.61. The van der Waals surface area contributed by atoms with Crippen molar-refractivity contribution in [1.29, 1.82) is 0 Å². The summed E-state index contributed by atoms with van der Waals surface area (Å²) in [5, 5.41) is -1.05. The number of rotatable bonds is 2. The van der Waals surface area contributed by atoms with Crippen molar-refractivity contribution in [2.24, 2.45) is 5.73 Å². The normalized spacial score (nSPS) is 31.0. The van der Waals surface area contributed by atoms with Crippen LogP contribution in [0.2, 0.25) is 0 Å². The van der Waals surface area contributed by atoms with Crippen LogP contribution in [-0.2, 0) is 19.4 Å². The summed E-state index contributed by atoms with van der Waals surface area (Å²) in [5.74, 6) is -0.680. The first-order chi connectivity index (χ1) is 6.47. The minimum absolute atomic E-state index is 0.0162. The lowest BCUT2D eigenvalue weighted by atomic mass is 10.1. The monoisotopic (exact) mass is 221 g/mol. The van der Waals surface area contributed by atoms with Crippen LogP contribution in [0.4, 0.5) is 0 Å². The molecule has 0 bridgehead atoms. The molecule has 0 radical (unpaired) electrons. The first kappa shape index (κ1) is 11.5. The van der Waals surface area contributed by atoms with Gasteiger partial charge in [0, 0.05) is 6.04 Å². The molecule has 5 nitrogen and oxygen atoms in total. The Hall–Kier alpha value is -0.620. The van der Waals surface area contributed by atoms with Gasteiger partial charge in [-0.1, -0.05) is 0 Å². The van der Waals surface area contributed by atoms with Crippen LogP contribution in [0.5, 0.6) is 0 Å². The van der Waals surface area contributed by atoms with Crippen LogP contribution in [0.1, 0.15) is 19.8 Å². The van der Waals surface area contributed by atoms with Gasteiger partial charge in [-0.05, 0) is 19.8 Å². The summed E-state index contributed by atoms with van der Waals surface area (Å²) in [6.45, 7) is 1.84. The Kier molecular flexibility index (Phi) is 3.49. The number of hydrogen-bond acceptors (Lipinski definition) is 5. The lowest BCUT2D eigenvalue weighted by molar-refractivity contribution is -0.142. The third kappa shape index (κ3) is 2.45. The number of ether oxygens (including phenoxy) is 1. The van der Waals surface area contributed by atoms with E-state index >= 15 is 0 Å². The molecule has 6 heteroatoms. The van der Waals surface area contributed by atoms with E-state index in [1.807, 2.05) is 0 Å². The number of carbonyl (C=O) groups excluding carboxylic acids is 1. The molecule has 1 saturated heterocycles. The molecule has 2 atom stereocenters. The van der Waals surface area contributed by atoms with Gasteiger partial charge in [0.05, 0.1) is 12.4 Å². The van der Waals surface area contributed by atoms with E-state index in [0.29, 0.717) is 6.42 Å². The largest absolute Gasteiger partial charge is 0.465 e. The molecule has 2 unspecified atom stereocenters. The zero-order valence-corrected chi connectivity index (χ0v) is 8.92. The Labute approximate surface area is 83.5 Å². The highest BCUT2D eigenvalue weighted by Crippen LogP contribution is 2.19. The van der Waals surface area contributed by atoms with Crippen molar-refractivity contribution < 1.29 is 17.9 Å². The fourth-order valence-corrected chi connectivity index (χ4v) is 3.29. The number of nitrogens with two attached hydrogens (primary N) is 1. The number of sulfone groups is 1. The minimum atomic E-state index is -3.33. The van der Waals surface area contributed by atoms with Crippen molar-refractivity contribution in [3.8, 4) is 0 Å². The Morgan fingerprint density at radius 2 is 2.21 bits per heavy atom. The number of carbonyl (C=O) groups is 1. The summed E-state index contributed by atoms with van der Waals surface area (Å²) in [7, 11) is -3.33. The quantitative estimate of drug-likeness (QED) is 0.632. The molecule has 0 aliphatic carbocycles. The molecular weight excluding hydrogens is 206 g/mol. The molecular formula is C8H15NO4S. The van der Waals surface area contributed by atoms with Crippen LogP contribution < -0.4 is 5.73 Å². The van der Waals surface area contributed by atoms with Crippen LogP contribution in [0.3, 0.4) is 0 Å². The molecule has 1 aliphatic heterocycles. The molecule has 1 rings (SSSR count). The third-order valence-corrected chi connectivity index (χ3v) is 4.33. The maximum absolute atomic E-state index is 11.5. The fourth-order valence-electron chi connectivity index (χ4n) is 1.48. The molecule has 0 spiro atoms. The Morgan fingerprint density at radius 1 is 1.57 bits per heavy atom. The zero-order valence-electron chi connectivity index (χ0n) is 8.10. The van der Waals surface area contributed by atoms with Gasteiger partial charge in [-0.15, -0.1) is 0 Å². The highest BCUT2D eigenvalue weighted by atomic mass is 32.2. The van der Waals surface area contributed by atoms with Crippen LogP contribution in [0, 0.1) is 0 Å². The Morgan fingerprint density at radius 3 is 2.79 bits per heavy atom. The molecule has 1 aliphatic rings. The molecule has 82 valence electrons. The van der Waals surface area contributed by atoms with E-state index < -0.39 is 21.1 Å². The second kappa shape index (κ2) is 4.27. The smallest absolute Gasteiger partial charge is 0.324 e. The van der Waals surface area contributed by atoms with Crippen LogP contribution >= 0.6 is 0 Å². The molecule has 0 aromatic carbocycles. The van der Waals surface area contributed by atoms with Crippen molar-refractivity contribution in [3.05, 3.63) is 0 Å². The first-order valence-corrected chi connectivity index (χ1v) is 6.32. The van der Waals surface area contributed by atoms with E-state index in [1.54, 1.807) is 6.92 Å². The zero-order chi connectivity index (χ0) is 10.8. The summed E-state index contributed by atoms with van der Waals surface area (Å²) in [4.78, 5) is 11.3. The van der Waals surface area contributed by atoms with E-state index in [4.69, 9.17) is 10.5 Å². The van der Waals surface area contributed by atoms with Crippen molar-refractivity contribution in [1.82, 2.24) is 0 Å². The topological polar surface area (TPSA) is 86.5 Å². The van der Waals surface area contributed by atoms with Crippen LogP contribution in [0.15, 0.2) is 0 Å². The highest BCUT2D eigenvalue weighted by molar-refractivity contribution is 7.92. The van der Waals surface area contributed by atoms with Crippen LogP contribution in [-0.4, -0.2) is 38.0 Å². The van der Waals surface area contributed by atoms with E-state index in [2.05, 4.69) is 0 Å². The lowest BCUT2D eigenvalue weighted by Gasteiger charge is -2.24. The third-order valence-electron chi connectivity index (χ3n) is 2.27. The highest BCUT2D eigenvalue weighted by Gasteiger charge is 2.38. The van der Waals surface area contributed by atoms with E-state index in [-0.39, 0.29) is 24.8 Å². The molecule has 0 aromatic heterocycles. The molecule has 0 saturated carbocycles. The van der Waals surface area contributed by atoms with E-state index in [0.717, 1.165) is 0 Å². The Bertz CT molecular complexity index is 311. The van der Waals surface area contributed by atoms with Crippen molar-refractivity contribution >= 4 is 15.8 Å². The minimum Gasteiger partial charge on any atom is -0.465 e. The van der Waals surface area contributed by atoms with Gasteiger partial charge in [0.25, 0.3) is 0 Å². The summed E-state index contributed by atoms with van der Waals surface area (Å²) in [6, 6.07) is -0.215. The van der Waals surface area contributed by atoms with E-state index in [1.165, 1.54) is 0 Å². The summed E-state index contributed by atoms with van der Waals surface area (Å²) < 4.78 is 27.7. The number of esters is 1. The van der Waals surface area contributed by atoms with Gasteiger partial charge >= 0.3 is 5.97 Å². The molecule has 14 heavy (non-hydrogen) atoms. The van der Waals surface area contributed by atoms with Crippen molar-refractivity contribution in [2.45, 2.75) is 31.1 Å². The maximum atomic E-state index is 11.5. The van der Waals surface area contributed by atoms with Gasteiger partial charge in [0.2, 0.25) is 0 Å². The van der Waals surface area contributed by atoms with Crippen LogP contribution in [0.25, 0.3) is 0 Å². The van der Waals surface area contributed by atoms with Crippen molar-refractivity contribution in [3.63, 3.8) is 0 Å². The number of hydrogen-bond donors (Lipinski definition) is 1. The van der Waals surface area contributed by atoms with Gasteiger partial charge < -0.3 is 10.5 Å². The second-order valence-electron chi connectivity index (χ2n) is 3.39. The van der Waals surface area contributed by atoms with Crippen molar-refractivity contribution in [2.75, 3.05) is 12.4 Å². The fraction of sp³-hybridized carbons (Fsp3) is 0.875. The van der Waals surface area contributed by atoms with Gasteiger partial charge in [-0.25, -0.2) is 8.42 Å². The SMILES string of the molecule is CCOC(=O)C1CC(N)CCS1(=O)=O. The average Bonchev–Trinajstić information content (AvgIpc) is 2.10. The van der Waals surface area contributed by atoms with Gasteiger partial charge in [-0.2, -0.15) is 0 Å². The molecule has 1 fully saturated rings. The molecule has 0 amide bonds. The summed E-state index contributed by atoms with van der Waals surface area (Å²) in [5.41, 5.74) is 5.61. The van der Waals surface area contributed by atoms with Gasteiger partial charge in [0.1, 0.15) is 0 Å². The maximum Gasteiger partial charge on any atom is 0.324 e. The summed E-state index contributed by atoms with van der Waals surface area (Å²) >= 11 is 0. The molecule has 1 heterocycles. The Balaban J connectivity index is 2.77. The van der Waals surface area contributed by atoms with Gasteiger partial charge in [0.15, 0.2) is 15.1 Å². The summed E-state index contributed by atoms with van der Waals surface area (Å²) in [6.07, 6.45) is 0.611. The lowest BCUT2D eigenvalue weighted by Crippen LogP contribution is -2.44. The molecule has 2 N–H and O–H groups in total. The second-order valence-corrected chi connectivity index (χ2v) is 5.70. The average molecular weight is 221 g/mol. The molecule has 0 aromatic rings. The predicted octanol–water partition coefficient (Wildman–Crippen LogP) is -0.546. The van der Waals surface area contributed by atoms with E-state index in [9.17, 15) is 13.2 Å². The predicted molar refractivity (Wildman–Crippen MR) is 51.4 cm³/mol.